The molecule has 1 aromatic heterocycles. The molecule has 176 valence electrons. The van der Waals surface area contributed by atoms with Gasteiger partial charge >= 0.3 is 5.97 Å². The summed E-state index contributed by atoms with van der Waals surface area (Å²) >= 11 is 1.40. The van der Waals surface area contributed by atoms with Crippen LogP contribution in [0.5, 0.6) is 0 Å². The molecule has 0 unspecified atom stereocenters. The number of fused-ring (bicyclic) bond motifs is 1. The van der Waals surface area contributed by atoms with Gasteiger partial charge in [-0.3, -0.25) is 4.79 Å². The molecule has 0 saturated heterocycles. The number of esters is 1. The van der Waals surface area contributed by atoms with Crippen molar-refractivity contribution in [3.05, 3.63) is 45.8 Å². The number of aryl methyl sites for hydroxylation is 1. The molecule has 0 spiro atoms. The van der Waals surface area contributed by atoms with E-state index < -0.39 is 28.5 Å². The highest BCUT2D eigenvalue weighted by Crippen LogP contribution is 2.36. The molecule has 1 N–H and O–H groups in total. The van der Waals surface area contributed by atoms with Gasteiger partial charge in [0, 0.05) is 18.0 Å². The van der Waals surface area contributed by atoms with Crippen LogP contribution in [0.2, 0.25) is 0 Å². The van der Waals surface area contributed by atoms with E-state index in [0.717, 1.165) is 42.5 Å². The van der Waals surface area contributed by atoms with Gasteiger partial charge in [0.25, 0.3) is 5.91 Å². The van der Waals surface area contributed by atoms with Gasteiger partial charge in [0.15, 0.2) is 6.61 Å². The minimum atomic E-state index is -3.72. The zero-order chi connectivity index (χ0) is 24.0. The maximum absolute atomic E-state index is 12.7. The number of hydrogen-bond donors (Lipinski definition) is 1. The van der Waals surface area contributed by atoms with Gasteiger partial charge in [-0.05, 0) is 49.4 Å². The number of nitriles is 1. The highest BCUT2D eigenvalue weighted by atomic mass is 32.2. The van der Waals surface area contributed by atoms with Crippen LogP contribution in [0.3, 0.4) is 0 Å². The molecule has 10 heteroatoms. The Morgan fingerprint density at radius 3 is 2.61 bits per heavy atom. The van der Waals surface area contributed by atoms with Crippen LogP contribution in [0.15, 0.2) is 29.2 Å². The number of amides is 1. The van der Waals surface area contributed by atoms with Crippen LogP contribution in [0.1, 0.15) is 59.5 Å². The monoisotopic (exact) mass is 489 g/mol. The molecule has 1 amide bonds. The average Bonchev–Trinajstić information content (AvgIpc) is 2.96. The Balaban J connectivity index is 1.66. The molecule has 0 fully saturated rings. The smallest absolute Gasteiger partial charge is 0.338 e. The van der Waals surface area contributed by atoms with Gasteiger partial charge < -0.3 is 10.1 Å². The molecular weight excluding hydrogens is 462 g/mol. The number of sulfonamides is 1. The standard InChI is InChI=1S/C23H27N3O5S2/c1-3-26(4-2)33(29,30)17-10-8-9-16(13-17)23(28)31-15-21(27)25-22-19(14-24)18-11-6-5-7-12-20(18)32-22/h8-10,13H,3-7,11-12,15H2,1-2H3,(H,25,27). The van der Waals surface area contributed by atoms with Crippen LogP contribution < -0.4 is 5.32 Å². The molecule has 0 bridgehead atoms. The summed E-state index contributed by atoms with van der Waals surface area (Å²) in [6, 6.07) is 7.76. The third-order valence-corrected chi connectivity index (χ3v) is 8.79. The highest BCUT2D eigenvalue weighted by Gasteiger charge is 2.24. The summed E-state index contributed by atoms with van der Waals surface area (Å²) in [5, 5.41) is 12.7. The van der Waals surface area contributed by atoms with Gasteiger partial charge in [-0.1, -0.05) is 26.3 Å². The van der Waals surface area contributed by atoms with Gasteiger partial charge in [-0.25, -0.2) is 13.2 Å². The number of ether oxygens (including phenoxy) is 1. The minimum Gasteiger partial charge on any atom is -0.452 e. The minimum absolute atomic E-state index is 0.0103. The lowest BCUT2D eigenvalue weighted by Gasteiger charge is -2.18. The topological polar surface area (TPSA) is 117 Å². The molecule has 3 rings (SSSR count). The molecule has 1 heterocycles. The first-order valence-corrected chi connectivity index (χ1v) is 13.2. The van der Waals surface area contributed by atoms with Crippen molar-refractivity contribution in [3.8, 4) is 6.07 Å². The van der Waals surface area contributed by atoms with E-state index in [2.05, 4.69) is 11.4 Å². The van der Waals surface area contributed by atoms with Crippen molar-refractivity contribution in [2.45, 2.75) is 50.8 Å². The Bertz CT molecular complexity index is 1180. The summed E-state index contributed by atoms with van der Waals surface area (Å²) in [5.41, 5.74) is 1.54. The number of carbonyl (C=O) groups is 2. The molecule has 1 aromatic carbocycles. The van der Waals surface area contributed by atoms with Crippen LogP contribution >= 0.6 is 11.3 Å². The normalized spacial score (nSPS) is 13.6. The number of thiophene rings is 1. The number of nitrogens with one attached hydrogen (secondary N) is 1. The maximum atomic E-state index is 12.7. The molecule has 0 radical (unpaired) electrons. The summed E-state index contributed by atoms with van der Waals surface area (Å²) in [6.45, 7) is 3.55. The summed E-state index contributed by atoms with van der Waals surface area (Å²) < 4.78 is 31.8. The van der Waals surface area contributed by atoms with E-state index in [1.807, 2.05) is 0 Å². The molecule has 0 aliphatic heterocycles. The number of nitrogens with zero attached hydrogens (tertiary/aromatic N) is 2. The fraction of sp³-hybridized carbons (Fsp3) is 0.435. The third-order valence-electron chi connectivity index (χ3n) is 5.53. The molecule has 0 saturated carbocycles. The summed E-state index contributed by atoms with van der Waals surface area (Å²) in [7, 11) is -3.72. The second-order valence-corrected chi connectivity index (χ2v) is 10.7. The van der Waals surface area contributed by atoms with Crippen molar-refractivity contribution >= 4 is 38.2 Å². The number of anilines is 1. The van der Waals surface area contributed by atoms with E-state index >= 15 is 0 Å². The Labute approximate surface area is 198 Å². The number of rotatable bonds is 8. The second kappa shape index (κ2) is 10.9. The number of benzene rings is 1. The first-order chi connectivity index (χ1) is 15.8. The first-order valence-electron chi connectivity index (χ1n) is 10.9. The van der Waals surface area contributed by atoms with Crippen molar-refractivity contribution in [1.82, 2.24) is 4.31 Å². The molecule has 0 atom stereocenters. The van der Waals surface area contributed by atoms with Crippen molar-refractivity contribution in [2.75, 3.05) is 25.0 Å². The van der Waals surface area contributed by atoms with E-state index in [9.17, 15) is 23.3 Å². The molecule has 1 aliphatic carbocycles. The molecule has 1 aliphatic rings. The van der Waals surface area contributed by atoms with Gasteiger partial charge in [0.1, 0.15) is 11.1 Å². The molecule has 33 heavy (non-hydrogen) atoms. The SMILES string of the molecule is CCN(CC)S(=O)(=O)c1cccc(C(=O)OCC(=O)Nc2sc3c(c2C#N)CCCCC3)c1. The predicted octanol–water partition coefficient (Wildman–Crippen LogP) is 3.71. The lowest BCUT2D eigenvalue weighted by Crippen LogP contribution is -2.30. The summed E-state index contributed by atoms with van der Waals surface area (Å²) in [6.07, 6.45) is 4.93. The lowest BCUT2D eigenvalue weighted by molar-refractivity contribution is -0.119. The maximum Gasteiger partial charge on any atom is 0.338 e. The van der Waals surface area contributed by atoms with Crippen LogP contribution in [-0.4, -0.2) is 44.3 Å². The lowest BCUT2D eigenvalue weighted by atomic mass is 10.1. The Hall–Kier alpha value is -2.74. The van der Waals surface area contributed by atoms with E-state index in [0.29, 0.717) is 23.7 Å². The van der Waals surface area contributed by atoms with Crippen molar-refractivity contribution in [2.24, 2.45) is 0 Å². The molecule has 8 nitrogen and oxygen atoms in total. The van der Waals surface area contributed by atoms with E-state index in [4.69, 9.17) is 4.74 Å². The molecule has 2 aromatic rings. The fourth-order valence-electron chi connectivity index (χ4n) is 3.82. The van der Waals surface area contributed by atoms with Crippen LogP contribution in [0, 0.1) is 11.3 Å². The van der Waals surface area contributed by atoms with E-state index in [-0.39, 0.29) is 10.5 Å². The first kappa shape index (κ1) is 24.9. The number of carbonyl (C=O) groups excluding carboxylic acids is 2. The van der Waals surface area contributed by atoms with Crippen LogP contribution in [0.4, 0.5) is 5.00 Å². The largest absolute Gasteiger partial charge is 0.452 e. The Morgan fingerprint density at radius 2 is 1.91 bits per heavy atom. The van der Waals surface area contributed by atoms with Crippen molar-refractivity contribution < 1.29 is 22.7 Å². The number of hydrogen-bond acceptors (Lipinski definition) is 7. The third kappa shape index (κ3) is 5.61. The van der Waals surface area contributed by atoms with Crippen molar-refractivity contribution in [3.63, 3.8) is 0 Å². The molecular formula is C23H27N3O5S2. The quantitative estimate of drug-likeness (QED) is 0.446. The van der Waals surface area contributed by atoms with Gasteiger partial charge in [-0.2, -0.15) is 9.57 Å². The van der Waals surface area contributed by atoms with Crippen molar-refractivity contribution in [1.29, 1.82) is 5.26 Å². The highest BCUT2D eigenvalue weighted by molar-refractivity contribution is 7.89. The fourth-order valence-corrected chi connectivity index (χ4v) is 6.58. The zero-order valence-electron chi connectivity index (χ0n) is 18.7. The van der Waals surface area contributed by atoms with Gasteiger partial charge in [-0.15, -0.1) is 11.3 Å². The summed E-state index contributed by atoms with van der Waals surface area (Å²) in [5.74, 6) is -1.35. The zero-order valence-corrected chi connectivity index (χ0v) is 20.4. The second-order valence-electron chi connectivity index (χ2n) is 7.62. The van der Waals surface area contributed by atoms with Gasteiger partial charge in [0.05, 0.1) is 16.0 Å². The van der Waals surface area contributed by atoms with Crippen LogP contribution in [-0.2, 0) is 32.4 Å². The van der Waals surface area contributed by atoms with Gasteiger partial charge in [0.2, 0.25) is 10.0 Å². The van der Waals surface area contributed by atoms with Crippen LogP contribution in [0.25, 0.3) is 0 Å². The Morgan fingerprint density at radius 1 is 1.18 bits per heavy atom. The van der Waals surface area contributed by atoms with E-state index in [1.54, 1.807) is 13.8 Å². The summed E-state index contributed by atoms with van der Waals surface area (Å²) in [4.78, 5) is 26.0. The predicted molar refractivity (Wildman–Crippen MR) is 126 cm³/mol. The Kier molecular flexibility index (Phi) is 8.24. The van der Waals surface area contributed by atoms with E-state index in [1.165, 1.54) is 39.9 Å². The average molecular weight is 490 g/mol.